The van der Waals surface area contributed by atoms with Gasteiger partial charge in [-0.2, -0.15) is 0 Å². The molecule has 0 aliphatic carbocycles. The maximum absolute atomic E-state index is 12.7. The van der Waals surface area contributed by atoms with E-state index in [0.29, 0.717) is 17.7 Å². The summed E-state index contributed by atoms with van der Waals surface area (Å²) in [4.78, 5) is 12.1. The molecule has 1 aromatic rings. The number of carbonyl (C=O) groups excluding carboxylic acids is 1. The average Bonchev–Trinajstić information content (AvgIpc) is 2.30. The van der Waals surface area contributed by atoms with Crippen molar-refractivity contribution in [2.75, 3.05) is 14.1 Å². The molecule has 0 radical (unpaired) electrons. The third-order valence-corrected chi connectivity index (χ3v) is 4.56. The van der Waals surface area contributed by atoms with E-state index in [0.717, 1.165) is 0 Å². The summed E-state index contributed by atoms with van der Waals surface area (Å²) in [5.74, 6) is -0.310. The Kier molecular flexibility index (Phi) is 4.84. The van der Waals surface area contributed by atoms with Crippen LogP contribution in [0.3, 0.4) is 0 Å². The van der Waals surface area contributed by atoms with Gasteiger partial charge >= 0.3 is 0 Å². The summed E-state index contributed by atoms with van der Waals surface area (Å²) in [6, 6.07) is 8.87. The first-order chi connectivity index (χ1) is 8.00. The Morgan fingerprint density at radius 2 is 1.88 bits per heavy atom. The van der Waals surface area contributed by atoms with Crippen LogP contribution < -0.4 is 0 Å². The van der Waals surface area contributed by atoms with Crippen molar-refractivity contribution in [3.8, 4) is 0 Å². The molecule has 0 aromatic heterocycles. The predicted molar refractivity (Wildman–Crippen MR) is 68.9 cm³/mol. The average molecular weight is 254 g/mol. The van der Waals surface area contributed by atoms with E-state index in [9.17, 15) is 9.00 Å². The quantitative estimate of drug-likeness (QED) is 0.828. The van der Waals surface area contributed by atoms with Crippen LogP contribution in [0.5, 0.6) is 0 Å². The number of carbonyl (C=O) groups is 1. The van der Waals surface area contributed by atoms with Crippen LogP contribution in [0.1, 0.15) is 19.8 Å². The molecule has 4 nitrogen and oxygen atoms in total. The maximum atomic E-state index is 12.7. The van der Waals surface area contributed by atoms with E-state index in [2.05, 4.69) is 4.36 Å². The molecule has 1 aromatic carbocycles. The molecule has 0 spiro atoms. The van der Waals surface area contributed by atoms with Crippen LogP contribution in [0.15, 0.2) is 39.6 Å². The van der Waals surface area contributed by atoms with Gasteiger partial charge in [0.2, 0.25) is 0 Å². The van der Waals surface area contributed by atoms with E-state index < -0.39 is 9.92 Å². The number of nitrogens with zero attached hydrogens (tertiary/aromatic N) is 2. The summed E-state index contributed by atoms with van der Waals surface area (Å²) in [6.45, 7) is 1.90. The van der Waals surface area contributed by atoms with Crippen LogP contribution in [0.25, 0.3) is 0 Å². The Morgan fingerprint density at radius 1 is 1.29 bits per heavy atom. The van der Waals surface area contributed by atoms with Gasteiger partial charge in [0, 0.05) is 20.5 Å². The molecule has 94 valence electrons. The lowest BCUT2D eigenvalue weighted by Crippen LogP contribution is -2.23. The zero-order valence-corrected chi connectivity index (χ0v) is 11.2. The molecule has 1 amide bonds. The van der Waals surface area contributed by atoms with E-state index in [1.807, 2.05) is 13.0 Å². The van der Waals surface area contributed by atoms with Crippen LogP contribution in [0, 0.1) is 0 Å². The lowest BCUT2D eigenvalue weighted by Gasteiger charge is -2.16. The van der Waals surface area contributed by atoms with Crippen molar-refractivity contribution in [2.45, 2.75) is 24.7 Å². The minimum atomic E-state index is -2.80. The highest BCUT2D eigenvalue weighted by Gasteiger charge is 2.17. The Morgan fingerprint density at radius 3 is 2.35 bits per heavy atom. The Bertz CT molecular complexity index is 488. The highest BCUT2D eigenvalue weighted by molar-refractivity contribution is 7.91. The van der Waals surface area contributed by atoms with Gasteiger partial charge in [-0.15, -0.1) is 4.36 Å². The van der Waals surface area contributed by atoms with Crippen molar-refractivity contribution < 1.29 is 9.00 Å². The monoisotopic (exact) mass is 254 g/mol. The highest BCUT2D eigenvalue weighted by Crippen LogP contribution is 2.16. The number of hydrogen-bond donors (Lipinski definition) is 0. The molecule has 5 heteroatoms. The smallest absolute Gasteiger partial charge is 0.255 e. The van der Waals surface area contributed by atoms with Crippen molar-refractivity contribution in [1.29, 1.82) is 0 Å². The normalized spacial score (nSPS) is 14.4. The summed E-state index contributed by atoms with van der Waals surface area (Å²) >= 11 is 0. The van der Waals surface area contributed by atoms with Gasteiger partial charge in [-0.1, -0.05) is 25.1 Å². The molecule has 0 saturated heterocycles. The Balaban J connectivity index is 3.25. The molecule has 1 unspecified atom stereocenters. The molecule has 0 N–H and O–H groups in total. The van der Waals surface area contributed by atoms with Crippen LogP contribution in [0.2, 0.25) is 0 Å². The fourth-order valence-corrected chi connectivity index (χ4v) is 2.91. The van der Waals surface area contributed by atoms with Gasteiger partial charge in [-0.05, 0) is 18.6 Å². The molecule has 0 fully saturated rings. The van der Waals surface area contributed by atoms with E-state index >= 15 is 0 Å². The second-order valence-corrected chi connectivity index (χ2v) is 6.23. The fourth-order valence-electron chi connectivity index (χ4n) is 1.34. The minimum Gasteiger partial charge on any atom is -0.272 e. The maximum Gasteiger partial charge on any atom is 0.255 e. The zero-order valence-electron chi connectivity index (χ0n) is 10.4. The molecule has 0 aliphatic heterocycles. The van der Waals surface area contributed by atoms with Crippen molar-refractivity contribution in [2.24, 2.45) is 4.36 Å². The van der Waals surface area contributed by atoms with Gasteiger partial charge in [-0.3, -0.25) is 4.79 Å². The molecule has 0 bridgehead atoms. The first-order valence-corrected chi connectivity index (χ1v) is 7.00. The number of benzene rings is 1. The molecular formula is C12H18N2O2S. The number of hydrogen-bond acceptors (Lipinski definition) is 2. The summed E-state index contributed by atoms with van der Waals surface area (Å²) in [5.41, 5.74) is 0. The summed E-state index contributed by atoms with van der Waals surface area (Å²) < 4.78 is 18.1. The second kappa shape index (κ2) is 5.93. The van der Waals surface area contributed by atoms with Gasteiger partial charge < -0.3 is 0 Å². The third-order valence-electron chi connectivity index (χ3n) is 2.23. The SMILES string of the molecule is CCCC(=O)N=S(=O)(c1ccccc1)N(C)C. The number of rotatable bonds is 4. The first kappa shape index (κ1) is 13.9. The Labute approximate surface area is 103 Å². The lowest BCUT2D eigenvalue weighted by molar-refractivity contribution is -0.117. The molecule has 0 heterocycles. The summed E-state index contributed by atoms with van der Waals surface area (Å²) in [7, 11) is 0.532. The van der Waals surface area contributed by atoms with Crippen LogP contribution in [-0.2, 0) is 14.7 Å². The van der Waals surface area contributed by atoms with Gasteiger partial charge in [-0.25, -0.2) is 8.51 Å². The molecule has 1 rings (SSSR count). The van der Waals surface area contributed by atoms with Gasteiger partial charge in [0.25, 0.3) is 5.91 Å². The van der Waals surface area contributed by atoms with Gasteiger partial charge in [0.15, 0.2) is 0 Å². The first-order valence-electron chi connectivity index (χ1n) is 5.53. The van der Waals surface area contributed by atoms with Gasteiger partial charge in [0.1, 0.15) is 9.92 Å². The topological polar surface area (TPSA) is 49.7 Å². The largest absolute Gasteiger partial charge is 0.272 e. The molecule has 17 heavy (non-hydrogen) atoms. The minimum absolute atomic E-state index is 0.310. The fraction of sp³-hybridized carbons (Fsp3) is 0.417. The zero-order chi connectivity index (χ0) is 12.9. The Hall–Kier alpha value is -1.20. The van der Waals surface area contributed by atoms with Crippen molar-refractivity contribution in [3.05, 3.63) is 30.3 Å². The second-order valence-electron chi connectivity index (χ2n) is 3.86. The van der Waals surface area contributed by atoms with E-state index in [4.69, 9.17) is 0 Å². The van der Waals surface area contributed by atoms with Crippen molar-refractivity contribution in [1.82, 2.24) is 4.31 Å². The standard InChI is InChI=1S/C12H18N2O2S/c1-4-8-12(15)13-17(16,14(2)3)11-9-6-5-7-10-11/h5-7,9-10H,4,8H2,1-3H3. The van der Waals surface area contributed by atoms with Crippen molar-refractivity contribution in [3.63, 3.8) is 0 Å². The summed E-state index contributed by atoms with van der Waals surface area (Å²) in [6.07, 6.45) is 1.04. The third kappa shape index (κ3) is 3.38. The molecule has 1 atom stereocenters. The van der Waals surface area contributed by atoms with Crippen LogP contribution in [0.4, 0.5) is 0 Å². The van der Waals surface area contributed by atoms with Crippen LogP contribution >= 0.6 is 0 Å². The predicted octanol–water partition coefficient (Wildman–Crippen LogP) is 2.32. The van der Waals surface area contributed by atoms with Crippen molar-refractivity contribution >= 4 is 15.8 Å². The van der Waals surface area contributed by atoms with E-state index in [1.54, 1.807) is 38.4 Å². The van der Waals surface area contributed by atoms with E-state index in [-0.39, 0.29) is 5.91 Å². The van der Waals surface area contributed by atoms with E-state index in [1.165, 1.54) is 4.31 Å². The lowest BCUT2D eigenvalue weighted by atomic mass is 10.3. The molecule has 0 saturated carbocycles. The molecule has 0 aliphatic rings. The van der Waals surface area contributed by atoms with Gasteiger partial charge in [0.05, 0.1) is 4.90 Å². The summed E-state index contributed by atoms with van der Waals surface area (Å²) in [5, 5.41) is 0. The highest BCUT2D eigenvalue weighted by atomic mass is 32.2. The van der Waals surface area contributed by atoms with Crippen LogP contribution in [-0.4, -0.2) is 28.5 Å². The molecular weight excluding hydrogens is 236 g/mol. The number of amides is 1.